The van der Waals surface area contributed by atoms with Crippen molar-refractivity contribution >= 4 is 23.4 Å². The molecule has 1 aromatic carbocycles. The first-order valence-corrected chi connectivity index (χ1v) is 9.62. The number of para-hydroxylation sites is 2. The quantitative estimate of drug-likeness (QED) is 0.218. The largest absolute Gasteiger partial charge is 0.444 e. The summed E-state index contributed by atoms with van der Waals surface area (Å²) in [6.45, 7) is 7.93. The third kappa shape index (κ3) is 7.13. The summed E-state index contributed by atoms with van der Waals surface area (Å²) in [5.74, 6) is 0.725. The molecule has 0 aliphatic carbocycles. The smallest absolute Gasteiger partial charge is 0.407 e. The Bertz CT molecular complexity index is 746. The molecule has 160 valence electrons. The third-order valence-corrected chi connectivity index (χ3v) is 4.24. The number of ether oxygens (including phenoxy) is 1. The zero-order valence-corrected chi connectivity index (χ0v) is 17.4. The first-order valence-electron chi connectivity index (χ1n) is 9.62. The number of rotatable bonds is 6. The summed E-state index contributed by atoms with van der Waals surface area (Å²) in [5, 5.41) is 20.3. The van der Waals surface area contributed by atoms with E-state index >= 15 is 0 Å². The highest BCUT2D eigenvalue weighted by atomic mass is 16.6. The van der Waals surface area contributed by atoms with Crippen molar-refractivity contribution in [3.8, 4) is 0 Å². The number of nitro benzene ring substituents is 1. The van der Waals surface area contributed by atoms with Gasteiger partial charge in [0.05, 0.1) is 11.0 Å². The number of nitrogens with zero attached hydrogens (tertiary/aromatic N) is 3. The highest BCUT2D eigenvalue weighted by Gasteiger charge is 2.27. The molecule has 1 fully saturated rings. The predicted octanol–water partition coefficient (Wildman–Crippen LogP) is 2.18. The van der Waals surface area contributed by atoms with Crippen LogP contribution in [0.15, 0.2) is 29.3 Å². The van der Waals surface area contributed by atoms with Crippen molar-refractivity contribution in [2.45, 2.75) is 38.8 Å². The number of benzene rings is 1. The maximum Gasteiger partial charge on any atom is 0.407 e. The summed E-state index contributed by atoms with van der Waals surface area (Å²) in [5.41, 5.74) is 0.00502. The summed E-state index contributed by atoms with van der Waals surface area (Å²) in [7, 11) is 1.70. The molecule has 2 rings (SSSR count). The number of likely N-dealkylation sites (tertiary alicyclic amines) is 1. The van der Waals surface area contributed by atoms with Crippen molar-refractivity contribution < 1.29 is 14.5 Å². The van der Waals surface area contributed by atoms with Crippen LogP contribution in [0.5, 0.6) is 0 Å². The third-order valence-electron chi connectivity index (χ3n) is 4.24. The molecule has 0 bridgehead atoms. The lowest BCUT2D eigenvalue weighted by atomic mass is 10.2. The van der Waals surface area contributed by atoms with E-state index in [4.69, 9.17) is 4.74 Å². The molecule has 10 nitrogen and oxygen atoms in total. The fourth-order valence-corrected chi connectivity index (χ4v) is 3.03. The molecule has 1 unspecified atom stereocenters. The Morgan fingerprint density at radius 2 is 2.07 bits per heavy atom. The molecule has 0 radical (unpaired) electrons. The second-order valence-corrected chi connectivity index (χ2v) is 7.75. The van der Waals surface area contributed by atoms with Gasteiger partial charge in [0.2, 0.25) is 0 Å². The Labute approximate surface area is 170 Å². The highest BCUT2D eigenvalue weighted by molar-refractivity contribution is 5.80. The lowest BCUT2D eigenvalue weighted by Crippen LogP contribution is -2.45. The number of alkyl carbamates (subject to hydrolysis) is 1. The second-order valence-electron chi connectivity index (χ2n) is 7.75. The molecule has 1 aromatic rings. The van der Waals surface area contributed by atoms with E-state index in [1.807, 2.05) is 20.8 Å². The van der Waals surface area contributed by atoms with Gasteiger partial charge in [-0.15, -0.1) is 0 Å². The Kier molecular flexibility index (Phi) is 7.63. The van der Waals surface area contributed by atoms with Crippen molar-refractivity contribution in [3.63, 3.8) is 0 Å². The molecule has 29 heavy (non-hydrogen) atoms. The molecule has 1 amide bonds. The number of carbonyl (C=O) groups is 1. The lowest BCUT2D eigenvalue weighted by Gasteiger charge is -2.23. The van der Waals surface area contributed by atoms with Crippen LogP contribution < -0.4 is 16.0 Å². The Hall–Kier alpha value is -3.04. The van der Waals surface area contributed by atoms with Crippen LogP contribution in [0.1, 0.15) is 27.2 Å². The molecule has 1 saturated heterocycles. The van der Waals surface area contributed by atoms with Gasteiger partial charge in [0.25, 0.3) is 5.69 Å². The fourth-order valence-electron chi connectivity index (χ4n) is 3.03. The van der Waals surface area contributed by atoms with E-state index in [-0.39, 0.29) is 11.7 Å². The first-order chi connectivity index (χ1) is 13.7. The van der Waals surface area contributed by atoms with Crippen molar-refractivity contribution in [2.75, 3.05) is 38.5 Å². The van der Waals surface area contributed by atoms with Crippen LogP contribution in [0.2, 0.25) is 0 Å². The van der Waals surface area contributed by atoms with Crippen LogP contribution in [0, 0.1) is 10.1 Å². The van der Waals surface area contributed by atoms with Gasteiger partial charge in [0.1, 0.15) is 11.3 Å². The first kappa shape index (κ1) is 22.3. The number of nitro groups is 1. The zero-order chi connectivity index (χ0) is 21.4. The number of hydrogen-bond donors (Lipinski definition) is 3. The molecule has 0 saturated carbocycles. The Morgan fingerprint density at radius 3 is 2.72 bits per heavy atom. The van der Waals surface area contributed by atoms with Crippen molar-refractivity contribution in [2.24, 2.45) is 4.99 Å². The fraction of sp³-hybridized carbons (Fsp3) is 0.579. The number of guanidine groups is 1. The summed E-state index contributed by atoms with van der Waals surface area (Å²) >= 11 is 0. The number of anilines is 1. The van der Waals surface area contributed by atoms with E-state index in [9.17, 15) is 14.9 Å². The number of nitrogens with one attached hydrogen (secondary N) is 3. The van der Waals surface area contributed by atoms with Crippen LogP contribution >= 0.6 is 0 Å². The zero-order valence-electron chi connectivity index (χ0n) is 17.4. The molecule has 0 aromatic heterocycles. The average molecular weight is 406 g/mol. The van der Waals surface area contributed by atoms with Crippen molar-refractivity contribution in [3.05, 3.63) is 34.4 Å². The monoisotopic (exact) mass is 406 g/mol. The van der Waals surface area contributed by atoms with Gasteiger partial charge in [-0.2, -0.15) is 0 Å². The maximum atomic E-state index is 11.9. The predicted molar refractivity (Wildman–Crippen MR) is 112 cm³/mol. The Balaban J connectivity index is 1.77. The van der Waals surface area contributed by atoms with E-state index in [2.05, 4.69) is 25.8 Å². The van der Waals surface area contributed by atoms with Gasteiger partial charge in [-0.05, 0) is 33.3 Å². The van der Waals surface area contributed by atoms with Crippen LogP contribution in [-0.4, -0.2) is 66.7 Å². The maximum absolute atomic E-state index is 11.9. The van der Waals surface area contributed by atoms with E-state index in [0.29, 0.717) is 25.3 Å². The van der Waals surface area contributed by atoms with E-state index in [0.717, 1.165) is 18.9 Å². The molecule has 10 heteroatoms. The molecule has 3 N–H and O–H groups in total. The Morgan fingerprint density at radius 1 is 1.34 bits per heavy atom. The van der Waals surface area contributed by atoms with Gasteiger partial charge in [-0.3, -0.25) is 15.1 Å². The molecule has 1 heterocycles. The summed E-state index contributed by atoms with van der Waals surface area (Å²) < 4.78 is 5.30. The molecular formula is C19H30N6O4. The number of carbonyl (C=O) groups excluding carboxylic acids is 1. The van der Waals surface area contributed by atoms with E-state index in [1.165, 1.54) is 6.07 Å². The van der Waals surface area contributed by atoms with Crippen LogP contribution in [0.25, 0.3) is 0 Å². The number of aliphatic imine (C=N–C) groups is 1. The minimum absolute atomic E-state index is 0.00602. The van der Waals surface area contributed by atoms with E-state index in [1.54, 1.807) is 25.2 Å². The minimum Gasteiger partial charge on any atom is -0.444 e. The second kappa shape index (κ2) is 9.94. The van der Waals surface area contributed by atoms with Gasteiger partial charge in [-0.1, -0.05) is 12.1 Å². The van der Waals surface area contributed by atoms with Gasteiger partial charge in [0.15, 0.2) is 5.96 Å². The lowest BCUT2D eigenvalue weighted by molar-refractivity contribution is -0.384. The minimum atomic E-state index is -0.527. The van der Waals surface area contributed by atoms with Gasteiger partial charge in [0, 0.05) is 39.3 Å². The normalized spacial score (nSPS) is 17.0. The molecule has 0 spiro atoms. The van der Waals surface area contributed by atoms with Gasteiger partial charge < -0.3 is 25.6 Å². The van der Waals surface area contributed by atoms with Crippen molar-refractivity contribution in [1.29, 1.82) is 0 Å². The van der Waals surface area contributed by atoms with Crippen LogP contribution in [-0.2, 0) is 4.74 Å². The SMILES string of the molecule is CN=C(NCCNc1ccccc1[N+](=O)[O-])N1CCC(NC(=O)OC(C)(C)C)C1. The molecular weight excluding hydrogens is 376 g/mol. The van der Waals surface area contributed by atoms with Gasteiger partial charge in [-0.25, -0.2) is 4.79 Å². The van der Waals surface area contributed by atoms with E-state index < -0.39 is 16.6 Å². The van der Waals surface area contributed by atoms with Gasteiger partial charge >= 0.3 is 6.09 Å². The number of hydrogen-bond acceptors (Lipinski definition) is 6. The van der Waals surface area contributed by atoms with Crippen molar-refractivity contribution in [1.82, 2.24) is 15.5 Å². The summed E-state index contributed by atoms with van der Waals surface area (Å²) in [6.07, 6.45) is 0.384. The molecule has 1 aliphatic rings. The summed E-state index contributed by atoms with van der Waals surface area (Å²) in [4.78, 5) is 28.9. The van der Waals surface area contributed by atoms with Crippen LogP contribution in [0.3, 0.4) is 0 Å². The number of amides is 1. The molecule has 1 aliphatic heterocycles. The highest BCUT2D eigenvalue weighted by Crippen LogP contribution is 2.22. The summed E-state index contributed by atoms with van der Waals surface area (Å²) in [6, 6.07) is 6.53. The van der Waals surface area contributed by atoms with Crippen LogP contribution in [0.4, 0.5) is 16.2 Å². The standard InChI is InChI=1S/C19H30N6O4/c1-19(2,3)29-18(26)23-14-9-12-24(13-14)17(20-4)22-11-10-21-15-7-5-6-8-16(15)25(27)28/h5-8,14,21H,9-13H2,1-4H3,(H,20,22)(H,23,26). The molecule has 1 atom stereocenters. The topological polar surface area (TPSA) is 121 Å². The average Bonchev–Trinajstić information content (AvgIpc) is 3.08.